The van der Waals surface area contributed by atoms with Gasteiger partial charge in [-0.25, -0.2) is 0 Å². The third kappa shape index (κ3) is 4.95. The van der Waals surface area contributed by atoms with E-state index in [1.165, 1.54) is 7.11 Å². The van der Waals surface area contributed by atoms with Crippen LogP contribution in [0.5, 0.6) is 0 Å². The molecular weight excluding hydrogens is 386 g/mol. The molecule has 8 N–H and O–H groups in total. The molecule has 2 rings (SSSR count). The third-order valence-electron chi connectivity index (χ3n) is 4.58. The minimum Gasteiger partial charge on any atom is -0.394 e. The molecule has 13 nitrogen and oxygen atoms in total. The Morgan fingerprint density at radius 2 is 1.54 bits per heavy atom. The van der Waals surface area contributed by atoms with Crippen molar-refractivity contribution in [3.05, 3.63) is 0 Å². The predicted octanol–water partition coefficient (Wildman–Crippen LogP) is -5.63. The molecule has 2 aliphatic heterocycles. The van der Waals surface area contributed by atoms with Crippen molar-refractivity contribution in [3.63, 3.8) is 0 Å². The van der Waals surface area contributed by atoms with Gasteiger partial charge in [0, 0.05) is 7.11 Å². The summed E-state index contributed by atoms with van der Waals surface area (Å²) < 4.78 is 20.6. The van der Waals surface area contributed by atoms with Crippen LogP contribution in [0.25, 0.3) is 0 Å². The molecule has 0 bridgehead atoms. The van der Waals surface area contributed by atoms with E-state index in [-0.39, 0.29) is 6.61 Å². The number of amides is 1. The highest BCUT2D eigenvalue weighted by Gasteiger charge is 2.50. The van der Waals surface area contributed by atoms with Crippen molar-refractivity contribution in [1.29, 1.82) is 0 Å². The predicted molar refractivity (Wildman–Crippen MR) is 86.4 cm³/mol. The van der Waals surface area contributed by atoms with Crippen molar-refractivity contribution in [2.24, 2.45) is 0 Å². The molecular formula is C15H27NO12. The van der Waals surface area contributed by atoms with Gasteiger partial charge in [0.15, 0.2) is 12.5 Å². The first kappa shape index (κ1) is 23.3. The number of aliphatic hydroxyl groups is 7. The van der Waals surface area contributed by atoms with Crippen LogP contribution < -0.4 is 5.32 Å². The Morgan fingerprint density at radius 1 is 0.893 bits per heavy atom. The zero-order valence-electron chi connectivity index (χ0n) is 15.1. The van der Waals surface area contributed by atoms with Gasteiger partial charge in [0.2, 0.25) is 5.91 Å². The Labute approximate surface area is 160 Å². The lowest BCUT2D eigenvalue weighted by Gasteiger charge is -2.46. The molecule has 1 amide bonds. The number of methoxy groups -OCH3 is 1. The SMILES string of the molecule is COCC(=O)N[C@@H]1OC(CO)[C@@H](O[C@@H]2OC(CO)[C@H](O)[C@H](O)C2O)[C@H](O)C1O. The number of rotatable bonds is 7. The van der Waals surface area contributed by atoms with E-state index in [9.17, 15) is 40.5 Å². The minimum atomic E-state index is -1.75. The maximum atomic E-state index is 11.6. The van der Waals surface area contributed by atoms with E-state index in [1.54, 1.807) is 0 Å². The number of carbonyl (C=O) groups is 1. The molecule has 2 saturated heterocycles. The number of nitrogens with one attached hydrogen (secondary N) is 1. The van der Waals surface area contributed by atoms with Crippen LogP contribution in [0.3, 0.4) is 0 Å². The fraction of sp³-hybridized carbons (Fsp3) is 0.933. The second-order valence-electron chi connectivity index (χ2n) is 6.56. The van der Waals surface area contributed by atoms with E-state index in [0.717, 1.165) is 0 Å². The van der Waals surface area contributed by atoms with Crippen molar-refractivity contribution >= 4 is 5.91 Å². The van der Waals surface area contributed by atoms with Gasteiger partial charge in [0.1, 0.15) is 55.4 Å². The van der Waals surface area contributed by atoms with Crippen molar-refractivity contribution < 1.29 is 59.5 Å². The molecule has 28 heavy (non-hydrogen) atoms. The van der Waals surface area contributed by atoms with Gasteiger partial charge in [-0.05, 0) is 0 Å². The summed E-state index contributed by atoms with van der Waals surface area (Å²) in [6, 6.07) is 0. The molecule has 0 aromatic carbocycles. The van der Waals surface area contributed by atoms with Crippen LogP contribution in [-0.2, 0) is 23.7 Å². The van der Waals surface area contributed by atoms with Gasteiger partial charge in [0.25, 0.3) is 0 Å². The molecule has 0 spiro atoms. The number of aliphatic hydroxyl groups excluding tert-OH is 7. The van der Waals surface area contributed by atoms with Gasteiger partial charge < -0.3 is 60.0 Å². The Morgan fingerprint density at radius 3 is 2.11 bits per heavy atom. The molecule has 0 aliphatic carbocycles. The quantitative estimate of drug-likeness (QED) is 0.196. The van der Waals surface area contributed by atoms with Gasteiger partial charge in [-0.3, -0.25) is 4.79 Å². The van der Waals surface area contributed by atoms with E-state index in [4.69, 9.17) is 14.2 Å². The summed E-state index contributed by atoms with van der Waals surface area (Å²) in [6.45, 7) is -1.70. The van der Waals surface area contributed by atoms with Gasteiger partial charge in [0.05, 0.1) is 13.2 Å². The maximum Gasteiger partial charge on any atom is 0.248 e. The van der Waals surface area contributed by atoms with Crippen molar-refractivity contribution in [1.82, 2.24) is 5.32 Å². The summed E-state index contributed by atoms with van der Waals surface area (Å²) in [4.78, 5) is 11.6. The maximum absolute atomic E-state index is 11.6. The summed E-state index contributed by atoms with van der Waals surface area (Å²) >= 11 is 0. The number of carbonyl (C=O) groups excluding carboxylic acids is 1. The third-order valence-corrected chi connectivity index (χ3v) is 4.58. The first-order chi connectivity index (χ1) is 13.2. The monoisotopic (exact) mass is 413 g/mol. The molecule has 10 atom stereocenters. The lowest BCUT2D eigenvalue weighted by molar-refractivity contribution is -0.343. The molecule has 2 aliphatic rings. The molecule has 0 aromatic rings. The minimum absolute atomic E-state index is 0.322. The van der Waals surface area contributed by atoms with Crippen LogP contribution in [0.15, 0.2) is 0 Å². The summed E-state index contributed by atoms with van der Waals surface area (Å²) in [5.41, 5.74) is 0. The van der Waals surface area contributed by atoms with Crippen molar-refractivity contribution in [2.75, 3.05) is 26.9 Å². The highest BCUT2D eigenvalue weighted by Crippen LogP contribution is 2.28. The topological polar surface area (TPSA) is 208 Å². The zero-order chi connectivity index (χ0) is 21.0. The van der Waals surface area contributed by atoms with E-state index in [0.29, 0.717) is 0 Å². The molecule has 2 heterocycles. The fourth-order valence-electron chi connectivity index (χ4n) is 3.04. The van der Waals surface area contributed by atoms with E-state index in [2.05, 4.69) is 10.1 Å². The molecule has 4 unspecified atom stereocenters. The fourth-order valence-corrected chi connectivity index (χ4v) is 3.04. The lowest BCUT2D eigenvalue weighted by Crippen LogP contribution is -2.66. The number of hydrogen-bond acceptors (Lipinski definition) is 12. The zero-order valence-corrected chi connectivity index (χ0v) is 15.1. The van der Waals surface area contributed by atoms with E-state index >= 15 is 0 Å². The van der Waals surface area contributed by atoms with Gasteiger partial charge in [-0.1, -0.05) is 0 Å². The van der Waals surface area contributed by atoms with Crippen molar-refractivity contribution in [3.8, 4) is 0 Å². The summed E-state index contributed by atoms with van der Waals surface area (Å²) in [5, 5.41) is 71.2. The molecule has 13 heteroatoms. The van der Waals surface area contributed by atoms with Crippen LogP contribution >= 0.6 is 0 Å². The van der Waals surface area contributed by atoms with Gasteiger partial charge in [-0.2, -0.15) is 0 Å². The van der Waals surface area contributed by atoms with Crippen LogP contribution in [0, 0.1) is 0 Å². The smallest absolute Gasteiger partial charge is 0.248 e. The van der Waals surface area contributed by atoms with Gasteiger partial charge in [-0.15, -0.1) is 0 Å². The van der Waals surface area contributed by atoms with E-state index in [1.807, 2.05) is 0 Å². The summed E-state index contributed by atoms with van der Waals surface area (Å²) in [5.74, 6) is -0.635. The number of hydrogen-bond donors (Lipinski definition) is 8. The van der Waals surface area contributed by atoms with Crippen LogP contribution in [0.2, 0.25) is 0 Å². The normalized spacial score (nSPS) is 44.3. The number of ether oxygens (including phenoxy) is 4. The first-order valence-electron chi connectivity index (χ1n) is 8.61. The molecule has 164 valence electrons. The molecule has 0 aromatic heterocycles. The first-order valence-corrected chi connectivity index (χ1v) is 8.61. The Balaban J connectivity index is 2.09. The van der Waals surface area contributed by atoms with Crippen LogP contribution in [-0.4, -0.2) is 130 Å². The van der Waals surface area contributed by atoms with E-state index < -0.39 is 80.5 Å². The molecule has 0 radical (unpaired) electrons. The van der Waals surface area contributed by atoms with Gasteiger partial charge >= 0.3 is 0 Å². The van der Waals surface area contributed by atoms with Crippen LogP contribution in [0.1, 0.15) is 0 Å². The summed E-state index contributed by atoms with van der Waals surface area (Å²) in [7, 11) is 1.29. The lowest BCUT2D eigenvalue weighted by atomic mass is 9.96. The Hall–Kier alpha value is -0.970. The summed E-state index contributed by atoms with van der Waals surface area (Å²) in [6.07, 6.45) is -15.3. The largest absolute Gasteiger partial charge is 0.394 e. The van der Waals surface area contributed by atoms with Crippen molar-refractivity contribution in [2.45, 2.75) is 61.3 Å². The Bertz CT molecular complexity index is 505. The Kier molecular flexibility index (Phi) is 8.47. The molecule has 0 saturated carbocycles. The average Bonchev–Trinajstić information content (AvgIpc) is 2.67. The highest BCUT2D eigenvalue weighted by molar-refractivity contribution is 5.77. The highest BCUT2D eigenvalue weighted by atomic mass is 16.7. The standard InChI is InChI=1S/C15H27NO12/c1-25-4-7(19)16-14-11(23)10(22)13(6(3-18)26-14)28-15-12(24)9(21)8(20)5(2-17)27-15/h5-6,8-15,17-18,20-24H,2-4H2,1H3,(H,16,19)/t5?,6?,8-,9-,10+,11?,12?,13+,14+,15-/m0/s1. The second-order valence-corrected chi connectivity index (χ2v) is 6.56. The average molecular weight is 413 g/mol. The molecule has 2 fully saturated rings. The second kappa shape index (κ2) is 10.2. The van der Waals surface area contributed by atoms with Crippen LogP contribution in [0.4, 0.5) is 0 Å².